The molecule has 0 bridgehead atoms. The first-order valence-corrected chi connectivity index (χ1v) is 16.0. The van der Waals surface area contributed by atoms with Gasteiger partial charge in [-0.05, 0) is 118 Å². The van der Waals surface area contributed by atoms with Gasteiger partial charge in [0.15, 0.2) is 0 Å². The van der Waals surface area contributed by atoms with Gasteiger partial charge in [0, 0.05) is 36.4 Å². The summed E-state index contributed by atoms with van der Waals surface area (Å²) in [6, 6.07) is 8.11. The van der Waals surface area contributed by atoms with E-state index in [4.69, 9.17) is 9.72 Å². The van der Waals surface area contributed by atoms with E-state index < -0.39 is 5.60 Å². The third kappa shape index (κ3) is 7.62. The van der Waals surface area contributed by atoms with E-state index in [1.165, 1.54) is 11.1 Å². The summed E-state index contributed by atoms with van der Waals surface area (Å²) in [5.74, 6) is 0.310. The van der Waals surface area contributed by atoms with Crippen LogP contribution in [0.15, 0.2) is 43.2 Å². The molecule has 0 saturated carbocycles. The smallest absolute Gasteiger partial charge is 0.410 e. The Morgan fingerprint density at radius 1 is 1.20 bits per heavy atom. The van der Waals surface area contributed by atoms with E-state index in [-0.39, 0.29) is 11.5 Å². The van der Waals surface area contributed by atoms with Crippen molar-refractivity contribution in [1.82, 2.24) is 14.5 Å². The maximum absolute atomic E-state index is 13.1. The van der Waals surface area contributed by atoms with Gasteiger partial charge in [0.2, 0.25) is 0 Å². The molecule has 234 valence electrons. The second-order valence-corrected chi connectivity index (χ2v) is 14.6. The molecule has 0 radical (unpaired) electrons. The molecule has 2 aromatic heterocycles. The van der Waals surface area contributed by atoms with E-state index in [1.54, 1.807) is 0 Å². The van der Waals surface area contributed by atoms with Crippen molar-refractivity contribution in [3.63, 3.8) is 0 Å². The lowest BCUT2D eigenvalue weighted by atomic mass is 9.84. The summed E-state index contributed by atoms with van der Waals surface area (Å²) in [5.41, 5.74) is 8.88. The van der Waals surface area contributed by atoms with Crippen LogP contribution in [0.5, 0.6) is 0 Å². The average Bonchev–Trinajstić information content (AvgIpc) is 3.20. The summed E-state index contributed by atoms with van der Waals surface area (Å²) >= 11 is 0. The largest absolute Gasteiger partial charge is 0.444 e. The van der Waals surface area contributed by atoms with Crippen LogP contribution in [0.2, 0.25) is 0 Å². The zero-order chi connectivity index (χ0) is 32.4. The van der Waals surface area contributed by atoms with Crippen molar-refractivity contribution >= 4 is 28.3 Å². The first-order chi connectivity index (χ1) is 20.6. The van der Waals surface area contributed by atoms with E-state index in [9.17, 15) is 10.1 Å². The van der Waals surface area contributed by atoms with Crippen LogP contribution in [-0.4, -0.2) is 39.2 Å². The minimum absolute atomic E-state index is 0.288. The molecule has 4 rings (SSSR count). The Labute approximate surface area is 264 Å². The number of benzene rings is 1. The molecule has 6 nitrogen and oxygen atoms in total. The molecular weight excluding hydrogens is 544 g/mol. The number of nitrogens with zero attached hydrogens (tertiary/aromatic N) is 4. The molecule has 0 aliphatic heterocycles. The van der Waals surface area contributed by atoms with Gasteiger partial charge in [0.05, 0.1) is 17.3 Å². The van der Waals surface area contributed by atoms with Crippen molar-refractivity contribution in [3.05, 3.63) is 71.1 Å². The van der Waals surface area contributed by atoms with Gasteiger partial charge in [-0.3, -0.25) is 0 Å². The highest BCUT2D eigenvalue weighted by Crippen LogP contribution is 2.42. The predicted molar refractivity (Wildman–Crippen MR) is 182 cm³/mol. The number of rotatable bonds is 8. The van der Waals surface area contributed by atoms with Crippen molar-refractivity contribution in [1.29, 1.82) is 5.26 Å². The van der Waals surface area contributed by atoms with E-state index >= 15 is 0 Å². The second kappa shape index (κ2) is 13.0. The maximum atomic E-state index is 13.1. The lowest BCUT2D eigenvalue weighted by Gasteiger charge is -2.29. The number of hydrogen-bond acceptors (Lipinski definition) is 4. The summed E-state index contributed by atoms with van der Waals surface area (Å²) in [6.07, 6.45) is 11.2. The first-order valence-electron chi connectivity index (χ1n) is 16.0. The predicted octanol–water partition coefficient (Wildman–Crippen LogP) is 9.79. The number of carbonyl (C=O) groups is 1. The molecule has 2 heterocycles. The van der Waals surface area contributed by atoms with Crippen LogP contribution in [0, 0.1) is 36.5 Å². The molecule has 0 spiro atoms. The standard InChI is InChI=1S/C38H50N4O2/c1-25(2)23-41(36(43)44-37(6,7)8)19-16-27(4)33-28(5)22-40-35-34(33)31(30-12-11-17-38(9,10)18-15-30)24-42(35)32-20-29(21-39)14-13-26(32)3/h12-14,20,22,24-25H,4,11,15-19,23H2,1-3,5-10H3. The fraction of sp³-hybridized carbons (Fsp3) is 0.500. The van der Waals surface area contributed by atoms with Crippen LogP contribution in [0.3, 0.4) is 0 Å². The number of carbonyl (C=O) groups excluding carboxylic acids is 1. The normalized spacial score (nSPS) is 15.1. The minimum Gasteiger partial charge on any atom is -0.444 e. The summed E-state index contributed by atoms with van der Waals surface area (Å²) in [6.45, 7) is 24.5. The molecule has 0 atom stereocenters. The topological polar surface area (TPSA) is 71.2 Å². The Bertz CT molecular complexity index is 1620. The van der Waals surface area contributed by atoms with Gasteiger partial charge in [-0.1, -0.05) is 46.4 Å². The fourth-order valence-electron chi connectivity index (χ4n) is 6.11. The van der Waals surface area contributed by atoms with Gasteiger partial charge in [0.25, 0.3) is 0 Å². The fourth-order valence-corrected chi connectivity index (χ4v) is 6.11. The van der Waals surface area contributed by atoms with Crippen LogP contribution in [0.4, 0.5) is 4.79 Å². The van der Waals surface area contributed by atoms with E-state index in [2.05, 4.69) is 71.0 Å². The summed E-state index contributed by atoms with van der Waals surface area (Å²) in [4.78, 5) is 20.0. The SMILES string of the molecule is C=C(CCN(CC(C)C)C(=O)OC(C)(C)C)c1c(C)cnc2c1c(C1=CCCC(C)(C)CC1)cn2-c1cc(C#N)ccc1C. The van der Waals surface area contributed by atoms with Gasteiger partial charge >= 0.3 is 6.09 Å². The molecule has 44 heavy (non-hydrogen) atoms. The number of nitriles is 1. The lowest BCUT2D eigenvalue weighted by Crippen LogP contribution is -2.39. The third-order valence-electron chi connectivity index (χ3n) is 8.51. The zero-order valence-electron chi connectivity index (χ0n) is 28.3. The second-order valence-electron chi connectivity index (χ2n) is 14.6. The third-order valence-corrected chi connectivity index (χ3v) is 8.51. The van der Waals surface area contributed by atoms with Crippen LogP contribution in [0.25, 0.3) is 27.9 Å². The van der Waals surface area contributed by atoms with E-state index in [0.29, 0.717) is 31.0 Å². The van der Waals surface area contributed by atoms with Crippen LogP contribution in [-0.2, 0) is 4.74 Å². The average molecular weight is 595 g/mol. The van der Waals surface area contributed by atoms with Crippen molar-refractivity contribution in [2.75, 3.05) is 13.1 Å². The van der Waals surface area contributed by atoms with Crippen LogP contribution in [0.1, 0.15) is 108 Å². The Balaban J connectivity index is 1.84. The van der Waals surface area contributed by atoms with Crippen molar-refractivity contribution in [2.45, 2.75) is 100 Å². The Kier molecular flexibility index (Phi) is 9.78. The molecule has 0 N–H and O–H groups in total. The minimum atomic E-state index is -0.559. The van der Waals surface area contributed by atoms with Gasteiger partial charge in [-0.15, -0.1) is 0 Å². The maximum Gasteiger partial charge on any atom is 0.410 e. The number of pyridine rings is 1. The molecule has 0 unspecified atom stereocenters. The molecule has 1 aliphatic carbocycles. The summed E-state index contributed by atoms with van der Waals surface area (Å²) < 4.78 is 7.91. The van der Waals surface area contributed by atoms with Crippen LogP contribution < -0.4 is 0 Å². The highest BCUT2D eigenvalue weighted by atomic mass is 16.6. The number of ether oxygens (including phenoxy) is 1. The summed E-state index contributed by atoms with van der Waals surface area (Å²) in [5, 5.41) is 10.8. The molecular formula is C38H50N4O2. The molecule has 1 amide bonds. The Morgan fingerprint density at radius 3 is 2.59 bits per heavy atom. The van der Waals surface area contributed by atoms with Crippen molar-refractivity contribution < 1.29 is 9.53 Å². The Morgan fingerprint density at radius 2 is 1.93 bits per heavy atom. The zero-order valence-corrected chi connectivity index (χ0v) is 28.3. The van der Waals surface area contributed by atoms with Crippen molar-refractivity contribution in [2.24, 2.45) is 11.3 Å². The first kappa shape index (κ1) is 33.1. The number of aromatic nitrogens is 2. The number of amides is 1. The molecule has 0 saturated heterocycles. The van der Waals surface area contributed by atoms with Crippen LogP contribution >= 0.6 is 0 Å². The van der Waals surface area contributed by atoms with Crippen molar-refractivity contribution in [3.8, 4) is 11.8 Å². The van der Waals surface area contributed by atoms with Gasteiger partial charge in [-0.25, -0.2) is 9.78 Å². The molecule has 1 aliphatic rings. The van der Waals surface area contributed by atoms with E-state index in [1.807, 2.05) is 50.1 Å². The quantitative estimate of drug-likeness (QED) is 0.260. The van der Waals surface area contributed by atoms with Gasteiger partial charge in [0.1, 0.15) is 11.2 Å². The highest BCUT2D eigenvalue weighted by Gasteiger charge is 2.27. The number of aryl methyl sites for hydroxylation is 2. The Hall–Kier alpha value is -3.85. The van der Waals surface area contributed by atoms with Gasteiger partial charge < -0.3 is 14.2 Å². The lowest BCUT2D eigenvalue weighted by molar-refractivity contribution is 0.0233. The number of fused-ring (bicyclic) bond motifs is 1. The highest BCUT2D eigenvalue weighted by molar-refractivity contribution is 6.01. The summed E-state index contributed by atoms with van der Waals surface area (Å²) in [7, 11) is 0. The molecule has 0 fully saturated rings. The monoisotopic (exact) mass is 594 g/mol. The number of allylic oxidation sites excluding steroid dienone is 2. The molecule has 3 aromatic rings. The van der Waals surface area contributed by atoms with Gasteiger partial charge in [-0.2, -0.15) is 5.26 Å². The number of hydrogen-bond donors (Lipinski definition) is 0. The molecule has 6 heteroatoms. The molecule has 1 aromatic carbocycles. The van der Waals surface area contributed by atoms with E-state index in [0.717, 1.165) is 64.7 Å².